The molecule has 4 aromatic rings. The van der Waals surface area contributed by atoms with E-state index in [1.165, 1.54) is 10.7 Å². The van der Waals surface area contributed by atoms with E-state index in [0.717, 1.165) is 12.1 Å². The van der Waals surface area contributed by atoms with Crippen molar-refractivity contribution < 1.29 is 17.9 Å². The number of hydrogen-bond acceptors (Lipinski definition) is 6. The molecule has 11 heteroatoms. The van der Waals surface area contributed by atoms with E-state index < -0.39 is 11.6 Å². The number of halogens is 4. The molecule has 0 fully saturated rings. The normalized spacial score (nSPS) is 11.0. The molecule has 0 spiro atoms. The van der Waals surface area contributed by atoms with Crippen LogP contribution in [-0.2, 0) is 6.61 Å². The Bertz CT molecular complexity index is 1150. The summed E-state index contributed by atoms with van der Waals surface area (Å²) in [6.45, 7) is -0.199. The molecular formula is C17H9BrClF2N5O2. The molecular weight excluding hydrogens is 460 g/mol. The van der Waals surface area contributed by atoms with Crippen molar-refractivity contribution in [1.29, 1.82) is 0 Å². The maximum Gasteiger partial charge on any atom is 0.266 e. The molecule has 0 aliphatic heterocycles. The molecule has 0 unspecified atom stereocenters. The number of pyridine rings is 1. The summed E-state index contributed by atoms with van der Waals surface area (Å²) in [7, 11) is 0. The number of rotatable bonds is 5. The third-order valence-corrected chi connectivity index (χ3v) is 4.23. The van der Waals surface area contributed by atoms with Crippen LogP contribution in [0.3, 0.4) is 0 Å². The van der Waals surface area contributed by atoms with Crippen LogP contribution in [0.5, 0.6) is 5.75 Å². The van der Waals surface area contributed by atoms with Gasteiger partial charge in [-0.3, -0.25) is 0 Å². The molecule has 0 saturated carbocycles. The summed E-state index contributed by atoms with van der Waals surface area (Å²) < 4.78 is 39.4. The minimum atomic E-state index is -0.827. The maximum absolute atomic E-state index is 13.6. The first-order valence-corrected chi connectivity index (χ1v) is 8.95. The van der Waals surface area contributed by atoms with Crippen LogP contribution in [0, 0.1) is 11.6 Å². The summed E-state index contributed by atoms with van der Waals surface area (Å²) in [4.78, 5) is 4.21. The van der Waals surface area contributed by atoms with Crippen LogP contribution >= 0.6 is 27.5 Å². The number of aromatic nitrogens is 5. The molecule has 0 amide bonds. The van der Waals surface area contributed by atoms with E-state index in [-0.39, 0.29) is 24.1 Å². The Morgan fingerprint density at radius 3 is 2.82 bits per heavy atom. The lowest BCUT2D eigenvalue weighted by Crippen LogP contribution is -2.02. The van der Waals surface area contributed by atoms with Crippen molar-refractivity contribution in [2.24, 2.45) is 0 Å². The van der Waals surface area contributed by atoms with Gasteiger partial charge in [0, 0.05) is 18.3 Å². The molecule has 7 nitrogen and oxygen atoms in total. The van der Waals surface area contributed by atoms with E-state index in [1.54, 1.807) is 24.4 Å². The lowest BCUT2D eigenvalue weighted by atomic mass is 10.3. The molecule has 0 saturated heterocycles. The van der Waals surface area contributed by atoms with Gasteiger partial charge in [0.1, 0.15) is 16.1 Å². The molecule has 1 aromatic carbocycles. The van der Waals surface area contributed by atoms with Crippen molar-refractivity contribution in [2.45, 2.75) is 6.61 Å². The minimum absolute atomic E-state index is 0.0923. The Kier molecular flexibility index (Phi) is 5.05. The van der Waals surface area contributed by atoms with E-state index in [1.807, 2.05) is 0 Å². The van der Waals surface area contributed by atoms with Crippen molar-refractivity contribution in [3.05, 3.63) is 69.7 Å². The predicted molar refractivity (Wildman–Crippen MR) is 98.1 cm³/mol. The molecule has 142 valence electrons. The quantitative estimate of drug-likeness (QED) is 0.426. The zero-order valence-corrected chi connectivity index (χ0v) is 16.2. The molecule has 0 bridgehead atoms. The van der Waals surface area contributed by atoms with Crippen LogP contribution in [0.4, 0.5) is 8.78 Å². The van der Waals surface area contributed by atoms with Gasteiger partial charge in [0.25, 0.3) is 11.8 Å². The highest BCUT2D eigenvalue weighted by molar-refractivity contribution is 9.10. The zero-order chi connectivity index (χ0) is 19.7. The summed E-state index contributed by atoms with van der Waals surface area (Å²) in [6.07, 6.45) is 1.57. The fourth-order valence-corrected chi connectivity index (χ4v) is 2.92. The summed E-state index contributed by atoms with van der Waals surface area (Å²) >= 11 is 9.48. The van der Waals surface area contributed by atoms with Gasteiger partial charge < -0.3 is 9.15 Å². The third kappa shape index (κ3) is 3.73. The third-order valence-electron chi connectivity index (χ3n) is 3.55. The first-order chi connectivity index (χ1) is 13.5. The molecule has 0 aliphatic rings. The van der Waals surface area contributed by atoms with Gasteiger partial charge in [0.2, 0.25) is 0 Å². The van der Waals surface area contributed by atoms with E-state index >= 15 is 0 Å². The second-order valence-electron chi connectivity index (χ2n) is 5.44. The topological polar surface area (TPSA) is 78.9 Å². The van der Waals surface area contributed by atoms with E-state index in [0.29, 0.717) is 21.1 Å². The molecule has 28 heavy (non-hydrogen) atoms. The van der Waals surface area contributed by atoms with Crippen molar-refractivity contribution in [1.82, 2.24) is 25.0 Å². The molecule has 0 radical (unpaired) electrons. The fraction of sp³-hybridized carbons (Fsp3) is 0.0588. The number of nitrogens with zero attached hydrogens (tertiary/aromatic N) is 5. The van der Waals surface area contributed by atoms with Crippen molar-refractivity contribution in [3.8, 4) is 23.2 Å². The standard InChI is InChI=1S/C17H9BrClF2N5O2/c18-14-7-12(26(25-14)16-10(19)2-1-5-22-16)17-24-23-15(28-17)8-27-13-4-3-9(20)6-11(13)21/h1-7H,8H2. The SMILES string of the molecule is Fc1ccc(OCc2nnc(-c3cc(Br)nn3-c3ncccc3Cl)o2)c(F)c1. The molecule has 3 heterocycles. The van der Waals surface area contributed by atoms with Gasteiger partial charge in [-0.1, -0.05) is 11.6 Å². The van der Waals surface area contributed by atoms with E-state index in [4.69, 9.17) is 20.8 Å². The van der Waals surface area contributed by atoms with E-state index in [9.17, 15) is 8.78 Å². The Balaban J connectivity index is 1.59. The van der Waals surface area contributed by atoms with Gasteiger partial charge in [-0.25, -0.2) is 18.4 Å². The average Bonchev–Trinajstić information content (AvgIpc) is 3.28. The lowest BCUT2D eigenvalue weighted by Gasteiger charge is -2.05. The minimum Gasteiger partial charge on any atom is -0.481 e. The smallest absolute Gasteiger partial charge is 0.266 e. The van der Waals surface area contributed by atoms with Crippen LogP contribution in [-0.4, -0.2) is 25.0 Å². The van der Waals surface area contributed by atoms with Crippen LogP contribution in [0.25, 0.3) is 17.4 Å². The number of hydrogen-bond donors (Lipinski definition) is 0. The lowest BCUT2D eigenvalue weighted by molar-refractivity contribution is 0.252. The zero-order valence-electron chi connectivity index (χ0n) is 13.8. The second kappa shape index (κ2) is 7.64. The Morgan fingerprint density at radius 2 is 2.04 bits per heavy atom. The van der Waals surface area contributed by atoms with Gasteiger partial charge in [-0.05, 0) is 40.2 Å². The van der Waals surface area contributed by atoms with Gasteiger partial charge in [-0.15, -0.1) is 10.2 Å². The predicted octanol–water partition coefficient (Wildman–Crippen LogP) is 4.59. The fourth-order valence-electron chi connectivity index (χ4n) is 2.35. The second-order valence-corrected chi connectivity index (χ2v) is 6.66. The summed E-state index contributed by atoms with van der Waals surface area (Å²) in [5.74, 6) is -1.04. The highest BCUT2D eigenvalue weighted by Crippen LogP contribution is 2.28. The summed E-state index contributed by atoms with van der Waals surface area (Å²) in [5.41, 5.74) is 0.444. The van der Waals surface area contributed by atoms with Gasteiger partial charge in [-0.2, -0.15) is 5.10 Å². The molecule has 0 N–H and O–H groups in total. The van der Waals surface area contributed by atoms with Crippen molar-refractivity contribution in [2.75, 3.05) is 0 Å². The van der Waals surface area contributed by atoms with Crippen molar-refractivity contribution in [3.63, 3.8) is 0 Å². The van der Waals surface area contributed by atoms with E-state index in [2.05, 4.69) is 36.2 Å². The largest absolute Gasteiger partial charge is 0.481 e. The average molecular weight is 469 g/mol. The Labute approximate surface area is 170 Å². The summed E-state index contributed by atoms with van der Waals surface area (Å²) in [6, 6.07) is 8.01. The first kappa shape index (κ1) is 18.5. The number of ether oxygens (including phenoxy) is 1. The Hall–Kier alpha value is -2.85. The molecule has 4 rings (SSSR count). The molecule has 0 atom stereocenters. The van der Waals surface area contributed by atoms with Gasteiger partial charge in [0.15, 0.2) is 24.0 Å². The summed E-state index contributed by atoms with van der Waals surface area (Å²) in [5, 5.41) is 12.5. The van der Waals surface area contributed by atoms with Crippen LogP contribution in [0.1, 0.15) is 5.89 Å². The number of benzene rings is 1. The van der Waals surface area contributed by atoms with Crippen LogP contribution in [0.15, 0.2) is 51.6 Å². The highest BCUT2D eigenvalue weighted by Gasteiger charge is 2.19. The Morgan fingerprint density at radius 1 is 1.18 bits per heavy atom. The highest BCUT2D eigenvalue weighted by atomic mass is 79.9. The first-order valence-electron chi connectivity index (χ1n) is 7.78. The van der Waals surface area contributed by atoms with Crippen LogP contribution < -0.4 is 4.74 Å². The van der Waals surface area contributed by atoms with Gasteiger partial charge in [0.05, 0.1) is 5.02 Å². The maximum atomic E-state index is 13.6. The van der Waals surface area contributed by atoms with Crippen LogP contribution in [0.2, 0.25) is 5.02 Å². The molecule has 3 aromatic heterocycles. The molecule has 0 aliphatic carbocycles. The van der Waals surface area contributed by atoms with Gasteiger partial charge >= 0.3 is 0 Å². The monoisotopic (exact) mass is 467 g/mol. The van der Waals surface area contributed by atoms with Crippen molar-refractivity contribution >= 4 is 27.5 Å².